The molecule has 4 aliphatic carbocycles. The van der Waals surface area contributed by atoms with Gasteiger partial charge in [0.05, 0.1) is 63.1 Å². The maximum atomic E-state index is 13.0. The van der Waals surface area contributed by atoms with Crippen molar-refractivity contribution in [2.45, 2.75) is 271 Å². The lowest BCUT2D eigenvalue weighted by molar-refractivity contribution is -0.149. The van der Waals surface area contributed by atoms with Crippen molar-refractivity contribution in [2.75, 3.05) is 145 Å². The zero-order valence-electron chi connectivity index (χ0n) is 71.6. The van der Waals surface area contributed by atoms with Gasteiger partial charge in [-0.25, -0.2) is 4.79 Å². The fourth-order valence-corrected chi connectivity index (χ4v) is 15.7. The number of aliphatic hydroxyl groups is 8. The first-order valence-electron chi connectivity index (χ1n) is 44.0. The summed E-state index contributed by atoms with van der Waals surface area (Å²) >= 11 is 0. The second-order valence-corrected chi connectivity index (χ2v) is 32.9. The van der Waals surface area contributed by atoms with Crippen molar-refractivity contribution in [3.63, 3.8) is 0 Å². The van der Waals surface area contributed by atoms with Gasteiger partial charge in [-0.3, -0.25) is 47.4 Å². The predicted molar refractivity (Wildman–Crippen MR) is 446 cm³/mol. The van der Waals surface area contributed by atoms with E-state index in [-0.39, 0.29) is 23.7 Å². The third kappa shape index (κ3) is 36.3. The third-order valence-corrected chi connectivity index (χ3v) is 22.5. The summed E-state index contributed by atoms with van der Waals surface area (Å²) in [5.41, 5.74) is 6.17. The average Bonchev–Trinajstić information content (AvgIpc) is 0.813. The van der Waals surface area contributed by atoms with Crippen LogP contribution >= 0.6 is 0 Å². The van der Waals surface area contributed by atoms with E-state index < -0.39 is 140 Å². The number of amides is 1. The van der Waals surface area contributed by atoms with Crippen LogP contribution in [0.2, 0.25) is 0 Å². The van der Waals surface area contributed by atoms with Gasteiger partial charge in [0.25, 0.3) is 0 Å². The Labute approximate surface area is 685 Å². The molecule has 19 N–H and O–H groups in total. The Balaban J connectivity index is 1.48. The van der Waals surface area contributed by atoms with Gasteiger partial charge >= 0.3 is 6.09 Å². The number of nitrogens with zero attached hydrogens (tertiary/aromatic N) is 1. The number of nitrogens with two attached hydrogens (primary N) is 1. The monoisotopic (exact) mass is 1620 g/mol. The molecule has 0 aromatic heterocycles. The molecule has 4 aliphatic heterocycles. The number of alkyl carbamates (subject to hydrolysis) is 1. The summed E-state index contributed by atoms with van der Waals surface area (Å²) in [6.07, 6.45) is 15.2. The number of nitrogens with one attached hydrogen (secondary N) is 9. The van der Waals surface area contributed by atoms with Crippen LogP contribution in [0.4, 0.5) is 4.79 Å². The molecule has 0 radical (unpaired) electrons. The van der Waals surface area contributed by atoms with E-state index in [0.717, 1.165) is 82.6 Å². The van der Waals surface area contributed by atoms with Crippen molar-refractivity contribution < 1.29 is 88.3 Å². The fraction of sp³-hybridized carbons (Fsp3) is 0.871. The molecular weight excluding hydrogens is 1460 g/mol. The first kappa shape index (κ1) is 101. The Hall–Kier alpha value is -3.07. The first-order chi connectivity index (χ1) is 55.0. The summed E-state index contributed by atoms with van der Waals surface area (Å²) in [5.74, 6) is -4.26. The first-order valence-corrected chi connectivity index (χ1v) is 44.0. The van der Waals surface area contributed by atoms with Crippen molar-refractivity contribution in [3.05, 3.63) is 60.8 Å². The Morgan fingerprint density at radius 1 is 0.482 bits per heavy atom. The summed E-state index contributed by atoms with van der Waals surface area (Å²) in [7, 11) is 0. The van der Waals surface area contributed by atoms with E-state index in [1.54, 1.807) is 20.8 Å². The molecule has 29 nitrogen and oxygen atoms in total. The van der Waals surface area contributed by atoms with E-state index in [2.05, 4.69) is 108 Å². The Morgan fingerprint density at radius 2 is 0.886 bits per heavy atom. The quantitative estimate of drug-likeness (QED) is 0.0221. The Morgan fingerprint density at radius 3 is 1.39 bits per heavy atom. The van der Waals surface area contributed by atoms with Crippen LogP contribution in [-0.2, 0) is 42.6 Å². The highest BCUT2D eigenvalue weighted by atomic mass is 16.6. The zero-order chi connectivity index (χ0) is 83.2. The van der Waals surface area contributed by atoms with E-state index in [9.17, 15) is 45.6 Å². The summed E-state index contributed by atoms with van der Waals surface area (Å²) < 4.78 is 56.9. The molecule has 1 saturated heterocycles. The van der Waals surface area contributed by atoms with Crippen LogP contribution in [-0.4, -0.2) is 295 Å². The molecule has 1 fully saturated rings. The minimum absolute atomic E-state index is 0.203. The van der Waals surface area contributed by atoms with Crippen molar-refractivity contribution >= 4 is 6.09 Å². The minimum Gasteiger partial charge on any atom is -0.444 e. The van der Waals surface area contributed by atoms with Gasteiger partial charge in [0.1, 0.15) is 55.4 Å². The van der Waals surface area contributed by atoms with E-state index in [0.29, 0.717) is 164 Å². The lowest BCUT2D eigenvalue weighted by Gasteiger charge is -2.43. The second-order valence-electron chi connectivity index (χ2n) is 32.9. The van der Waals surface area contributed by atoms with Crippen LogP contribution in [0.1, 0.15) is 172 Å². The maximum Gasteiger partial charge on any atom is 0.407 e. The molecule has 10 unspecified atom stereocenters. The summed E-state index contributed by atoms with van der Waals surface area (Å²) in [6, 6.07) is -0.427. The molecule has 0 spiro atoms. The molecule has 8 rings (SSSR count). The topological polar surface area (TPSA) is 400 Å². The molecule has 25 atom stereocenters. The van der Waals surface area contributed by atoms with Gasteiger partial charge in [-0.1, -0.05) is 155 Å². The molecule has 29 heteroatoms. The Kier molecular flexibility index (Phi) is 51.7. The highest BCUT2D eigenvalue weighted by Gasteiger charge is 2.47. The number of carbonyl (C=O) groups is 1. The van der Waals surface area contributed by atoms with Gasteiger partial charge in [-0.2, -0.15) is 0 Å². The molecular formula is C85H161N11O18. The van der Waals surface area contributed by atoms with Gasteiger partial charge in [0.2, 0.25) is 0 Å². The number of unbranched alkanes of at least 4 members (excludes halogenated alkanes) is 6. The zero-order valence-corrected chi connectivity index (χ0v) is 71.6. The number of hydrogen-bond acceptors (Lipinski definition) is 28. The summed E-state index contributed by atoms with van der Waals surface area (Å²) in [6.45, 7) is 34.7. The van der Waals surface area contributed by atoms with Crippen LogP contribution in [0.3, 0.4) is 0 Å². The molecule has 8 aliphatic rings. The fourth-order valence-electron chi connectivity index (χ4n) is 15.7. The molecule has 4 bridgehead atoms. The number of hydrogen-bond donors (Lipinski definition) is 18. The molecule has 0 saturated carbocycles. The van der Waals surface area contributed by atoms with Crippen molar-refractivity contribution in [1.29, 1.82) is 0 Å². The van der Waals surface area contributed by atoms with Crippen molar-refractivity contribution in [3.8, 4) is 0 Å². The summed E-state index contributed by atoms with van der Waals surface area (Å²) in [5, 5.41) is 127. The Bertz CT molecular complexity index is 2620. The van der Waals surface area contributed by atoms with Gasteiger partial charge in [-0.05, 0) is 96.9 Å². The smallest absolute Gasteiger partial charge is 0.407 e. The lowest BCUT2D eigenvalue weighted by atomic mass is 9.75. The van der Waals surface area contributed by atoms with Crippen LogP contribution in [0.25, 0.3) is 0 Å². The molecule has 0 aromatic rings. The molecule has 0 aromatic carbocycles. The largest absolute Gasteiger partial charge is 0.444 e. The average molecular weight is 1630 g/mol. The molecule has 114 heavy (non-hydrogen) atoms. The molecule has 4 heterocycles. The van der Waals surface area contributed by atoms with E-state index in [1.807, 2.05) is 55.5 Å². The third-order valence-electron chi connectivity index (χ3n) is 22.5. The van der Waals surface area contributed by atoms with Gasteiger partial charge in [0, 0.05) is 165 Å². The van der Waals surface area contributed by atoms with E-state index in [1.165, 1.54) is 0 Å². The van der Waals surface area contributed by atoms with Crippen molar-refractivity contribution in [2.24, 2.45) is 64.9 Å². The van der Waals surface area contributed by atoms with Crippen LogP contribution in [0.15, 0.2) is 60.8 Å². The van der Waals surface area contributed by atoms with Gasteiger partial charge in [0.15, 0.2) is 0 Å². The molecule has 664 valence electrons. The minimum atomic E-state index is -1.19. The van der Waals surface area contributed by atoms with Crippen molar-refractivity contribution in [1.82, 2.24) is 52.8 Å². The number of rotatable bonds is 50. The van der Waals surface area contributed by atoms with E-state index in [4.69, 9.17) is 48.4 Å². The predicted octanol–water partition coefficient (Wildman–Crippen LogP) is 4.77. The number of carbonyl (C=O) groups excluding carboxylic acids is 1. The number of aliphatic hydroxyl groups excluding tert-OH is 8. The van der Waals surface area contributed by atoms with Gasteiger partial charge < -0.3 is 94.5 Å². The standard InChI is InChI=1S/C85H161N11O18/c1-13-19-46-108-70-60(9)63(77(98)92-42-52-106-54-55-107-53-43-93-84(105)114-85(10,11)12)27-29-64(70)78(99)87-37-25-26-61(95-83(104)69-34-33-67(80(101)89-39-36-86)74(112-50-23-17-5)75(69)113-51-24-18-6)57-96-44-40-90-76(97)62-28-30-65(71(59(62)8)109-47-20-14-2)82(103)94-56-58(7)35-38-88-79(100)66-31-32-68(81(102)91-41-45-96)73(111-49-22-16-4)72(66)110-48-21-15-3/h27-34,59-83,87-92,94-95,97-104H,7,13-26,35-57,86H2,1-6,8-12H3,(H,93,105)/t59-,60?,61?,62?,63+,64?,65?,66+,67-,68?,69+,70+,71-,72?,73-,74?,75?,76-,77-,78-,79-,80-,81?,82+,83-/m0/s1. The normalized spacial score (nSPS) is 31.2. The number of ether oxygens (including phenoxy) is 9. The van der Waals surface area contributed by atoms with Crippen LogP contribution < -0.4 is 53.6 Å². The van der Waals surface area contributed by atoms with Crippen LogP contribution in [0, 0.1) is 59.2 Å². The maximum absolute atomic E-state index is 13.0. The second kappa shape index (κ2) is 58.0. The highest BCUT2D eigenvalue weighted by molar-refractivity contribution is 5.67. The molecule has 1 amide bonds. The van der Waals surface area contributed by atoms with Crippen LogP contribution in [0.5, 0.6) is 0 Å². The summed E-state index contributed by atoms with van der Waals surface area (Å²) in [4.78, 5) is 14.2. The lowest BCUT2D eigenvalue weighted by Crippen LogP contribution is -2.58. The SMILES string of the molecule is C=C1CCN[C@@H](O)[C@@H]2C=CC(C(O)NCCN(CC(CCCN[C@@H](O)C3C=C[C@@H]([C@H](O)NCCOCCOCCNC(=O)OC(C)(C)C)C(C)[C@H]3OCCCC)N[C@@H](O)[C@@H]3C=C[C@H]([C@H](O)NCCN)C(OCCCC)C3OCCCC)CCN[C@@H](O)C3C=CC([C@@H](OCCCC)[C@H]3C)[C@@H](O)NC1)[C@H](OCCCC)C2OCCCC. The van der Waals surface area contributed by atoms with Gasteiger partial charge in [-0.15, -0.1) is 0 Å². The highest BCUT2D eigenvalue weighted by Crippen LogP contribution is 2.38. The van der Waals surface area contributed by atoms with E-state index >= 15 is 0 Å².